The zero-order valence-electron chi connectivity index (χ0n) is 16.4. The average Bonchev–Trinajstić information content (AvgIpc) is 2.76. The molecule has 1 fully saturated rings. The highest BCUT2D eigenvalue weighted by Gasteiger charge is 2.17. The van der Waals surface area contributed by atoms with Gasteiger partial charge in [-0.3, -0.25) is 4.79 Å². The van der Waals surface area contributed by atoms with Gasteiger partial charge in [0.1, 0.15) is 5.82 Å². The van der Waals surface area contributed by atoms with Crippen LogP contribution in [0.25, 0.3) is 11.3 Å². The largest absolute Gasteiger partial charge is 0.394 e. The summed E-state index contributed by atoms with van der Waals surface area (Å²) < 4.78 is 20.3. The molecule has 4 rings (SSSR count). The molecule has 0 saturated carbocycles. The van der Waals surface area contributed by atoms with Crippen LogP contribution in [0.15, 0.2) is 59.7 Å². The molecule has 1 aromatic carbocycles. The number of aromatic nitrogens is 3. The lowest BCUT2D eigenvalue weighted by Gasteiger charge is -2.23. The number of hydrogen-bond acceptors (Lipinski definition) is 6. The van der Waals surface area contributed by atoms with Crippen LogP contribution < -0.4 is 10.9 Å². The summed E-state index contributed by atoms with van der Waals surface area (Å²) in [6.45, 7) is 1.11. The van der Waals surface area contributed by atoms with Gasteiger partial charge in [-0.1, -0.05) is 12.1 Å². The van der Waals surface area contributed by atoms with E-state index in [-0.39, 0.29) is 18.2 Å². The minimum absolute atomic E-state index is 0.263. The number of ether oxygens (including phenoxy) is 1. The Morgan fingerprint density at radius 3 is 2.80 bits per heavy atom. The maximum absolute atomic E-state index is 13.6. The fraction of sp³-hybridized carbons (Fsp3) is 0.318. The number of aliphatic hydroxyl groups is 1. The van der Waals surface area contributed by atoms with Gasteiger partial charge < -0.3 is 19.7 Å². The summed E-state index contributed by atoms with van der Waals surface area (Å²) in [6, 6.07) is 10.4. The molecule has 2 N–H and O–H groups in total. The summed E-state index contributed by atoms with van der Waals surface area (Å²) in [5.41, 5.74) is 1.48. The predicted octanol–water partition coefficient (Wildman–Crippen LogP) is 2.62. The van der Waals surface area contributed by atoms with Crippen molar-refractivity contribution in [3.8, 4) is 11.3 Å². The molecular weight excluding hydrogens is 387 g/mol. The second kappa shape index (κ2) is 9.15. The highest BCUT2D eigenvalue weighted by molar-refractivity contribution is 5.59. The summed E-state index contributed by atoms with van der Waals surface area (Å²) in [7, 11) is 0. The highest BCUT2D eigenvalue weighted by atomic mass is 19.1. The van der Waals surface area contributed by atoms with Crippen LogP contribution in [0.3, 0.4) is 0 Å². The van der Waals surface area contributed by atoms with Crippen molar-refractivity contribution in [2.75, 3.05) is 25.1 Å². The van der Waals surface area contributed by atoms with Gasteiger partial charge in [0.2, 0.25) is 5.95 Å². The molecule has 7 nitrogen and oxygen atoms in total. The lowest BCUT2D eigenvalue weighted by molar-refractivity contribution is 0.0903. The van der Waals surface area contributed by atoms with Crippen LogP contribution in [0.4, 0.5) is 10.3 Å². The number of pyridine rings is 1. The molecule has 0 radical (unpaired) electrons. The van der Waals surface area contributed by atoms with Gasteiger partial charge >= 0.3 is 0 Å². The highest BCUT2D eigenvalue weighted by Crippen LogP contribution is 2.21. The molecule has 3 heterocycles. The number of aliphatic hydroxyl groups excluding tert-OH is 1. The van der Waals surface area contributed by atoms with E-state index >= 15 is 0 Å². The standard InChI is InChI=1S/C22H23FN4O3/c23-17-3-1-2-16(12-17)20(14-28)27-9-5-15(13-21(27)29)19-4-8-24-22(26-19)25-18-6-10-30-11-7-18/h1-5,8-9,12-13,18,20,28H,6-7,10-11,14H2,(H,24,25,26). The van der Waals surface area contributed by atoms with Crippen molar-refractivity contribution in [2.24, 2.45) is 0 Å². The molecule has 0 bridgehead atoms. The number of nitrogens with one attached hydrogen (secondary N) is 1. The Kier molecular flexibility index (Phi) is 6.15. The quantitative estimate of drug-likeness (QED) is 0.649. The van der Waals surface area contributed by atoms with Gasteiger partial charge in [0.05, 0.1) is 18.3 Å². The lowest BCUT2D eigenvalue weighted by atomic mass is 10.1. The molecular formula is C22H23FN4O3. The molecule has 3 aromatic rings. The van der Waals surface area contributed by atoms with Crippen LogP contribution >= 0.6 is 0 Å². The van der Waals surface area contributed by atoms with Crippen LogP contribution in [0.1, 0.15) is 24.4 Å². The maximum atomic E-state index is 13.6. The zero-order valence-corrected chi connectivity index (χ0v) is 16.4. The fourth-order valence-electron chi connectivity index (χ4n) is 3.59. The van der Waals surface area contributed by atoms with Crippen molar-refractivity contribution in [1.29, 1.82) is 0 Å². The topological polar surface area (TPSA) is 89.3 Å². The van der Waals surface area contributed by atoms with Crippen molar-refractivity contribution >= 4 is 5.95 Å². The smallest absolute Gasteiger partial charge is 0.251 e. The first kappa shape index (κ1) is 20.2. The van der Waals surface area contributed by atoms with Gasteiger partial charge in [-0.15, -0.1) is 0 Å². The van der Waals surface area contributed by atoms with Crippen molar-refractivity contribution in [2.45, 2.75) is 24.9 Å². The molecule has 0 spiro atoms. The van der Waals surface area contributed by atoms with Gasteiger partial charge in [0, 0.05) is 43.3 Å². The van der Waals surface area contributed by atoms with E-state index < -0.39 is 11.9 Å². The molecule has 30 heavy (non-hydrogen) atoms. The molecule has 8 heteroatoms. The normalized spacial score (nSPS) is 15.7. The molecule has 1 aliphatic heterocycles. The Balaban J connectivity index is 1.58. The van der Waals surface area contributed by atoms with Crippen molar-refractivity contribution in [3.63, 3.8) is 0 Å². The summed E-state index contributed by atoms with van der Waals surface area (Å²) in [6.07, 6.45) is 5.04. The van der Waals surface area contributed by atoms with E-state index in [1.54, 1.807) is 36.7 Å². The zero-order chi connectivity index (χ0) is 20.9. The predicted molar refractivity (Wildman–Crippen MR) is 111 cm³/mol. The van der Waals surface area contributed by atoms with Crippen LogP contribution in [-0.4, -0.2) is 45.5 Å². The van der Waals surface area contributed by atoms with Crippen LogP contribution in [0.2, 0.25) is 0 Å². The van der Waals surface area contributed by atoms with E-state index in [9.17, 15) is 14.3 Å². The van der Waals surface area contributed by atoms with E-state index in [4.69, 9.17) is 4.74 Å². The van der Waals surface area contributed by atoms with Crippen LogP contribution in [-0.2, 0) is 4.74 Å². The Labute approximate surface area is 173 Å². The molecule has 0 aliphatic carbocycles. The van der Waals surface area contributed by atoms with Gasteiger partial charge in [0.25, 0.3) is 5.56 Å². The third kappa shape index (κ3) is 4.55. The molecule has 1 unspecified atom stereocenters. The van der Waals surface area contributed by atoms with Crippen molar-refractivity contribution in [3.05, 3.63) is 76.6 Å². The summed E-state index contributed by atoms with van der Waals surface area (Å²) in [5.74, 6) is 0.0951. The second-order valence-electron chi connectivity index (χ2n) is 7.21. The number of benzene rings is 1. The molecule has 1 aliphatic rings. The SMILES string of the molecule is O=c1cc(-c2ccnc(NC3CCOCC3)n2)ccn1C(CO)c1cccc(F)c1. The summed E-state index contributed by atoms with van der Waals surface area (Å²) >= 11 is 0. The average molecular weight is 410 g/mol. The van der Waals surface area contributed by atoms with Gasteiger partial charge in [-0.05, 0) is 42.7 Å². The van der Waals surface area contributed by atoms with Crippen molar-refractivity contribution in [1.82, 2.24) is 14.5 Å². The Hall–Kier alpha value is -3.10. The second-order valence-corrected chi connectivity index (χ2v) is 7.21. The van der Waals surface area contributed by atoms with E-state index in [2.05, 4.69) is 15.3 Å². The van der Waals surface area contributed by atoms with E-state index in [1.165, 1.54) is 22.8 Å². The third-order valence-electron chi connectivity index (χ3n) is 5.20. The fourth-order valence-corrected chi connectivity index (χ4v) is 3.59. The monoisotopic (exact) mass is 410 g/mol. The first-order valence-electron chi connectivity index (χ1n) is 9.90. The molecule has 1 atom stereocenters. The van der Waals surface area contributed by atoms with Crippen molar-refractivity contribution < 1.29 is 14.2 Å². The van der Waals surface area contributed by atoms with Crippen LogP contribution in [0.5, 0.6) is 0 Å². The number of nitrogens with zero attached hydrogens (tertiary/aromatic N) is 3. The third-order valence-corrected chi connectivity index (χ3v) is 5.20. The maximum Gasteiger partial charge on any atom is 0.251 e. The summed E-state index contributed by atoms with van der Waals surface area (Å²) in [5, 5.41) is 13.1. The minimum atomic E-state index is -0.668. The van der Waals surface area contributed by atoms with E-state index in [0.717, 1.165) is 12.8 Å². The Morgan fingerprint density at radius 2 is 2.07 bits per heavy atom. The van der Waals surface area contributed by atoms with E-state index in [1.807, 2.05) is 0 Å². The molecule has 1 saturated heterocycles. The molecule has 156 valence electrons. The minimum Gasteiger partial charge on any atom is -0.394 e. The summed E-state index contributed by atoms with van der Waals surface area (Å²) in [4.78, 5) is 21.6. The van der Waals surface area contributed by atoms with E-state index in [0.29, 0.717) is 36.0 Å². The van der Waals surface area contributed by atoms with Crippen LogP contribution in [0, 0.1) is 5.82 Å². The Bertz CT molecular complexity index is 1070. The number of halogens is 1. The first-order valence-corrected chi connectivity index (χ1v) is 9.90. The molecule has 0 amide bonds. The van der Waals surface area contributed by atoms with Gasteiger partial charge in [-0.2, -0.15) is 0 Å². The number of anilines is 1. The number of hydrogen-bond donors (Lipinski definition) is 2. The lowest BCUT2D eigenvalue weighted by Crippen LogP contribution is -2.28. The number of rotatable bonds is 6. The van der Waals surface area contributed by atoms with Gasteiger partial charge in [-0.25, -0.2) is 14.4 Å². The first-order chi connectivity index (χ1) is 14.6. The molecule has 2 aromatic heterocycles. The van der Waals surface area contributed by atoms with Gasteiger partial charge in [0.15, 0.2) is 0 Å². The Morgan fingerprint density at radius 1 is 1.23 bits per heavy atom.